The van der Waals surface area contributed by atoms with Gasteiger partial charge in [-0.3, -0.25) is 19.2 Å². The van der Waals surface area contributed by atoms with Crippen molar-refractivity contribution in [1.82, 2.24) is 20.4 Å². The number of carbonyl (C=O) groups excluding carboxylic acids is 6. The molecule has 4 atom stereocenters. The molecule has 0 bridgehead atoms. The maximum absolute atomic E-state index is 13.5. The van der Waals surface area contributed by atoms with Gasteiger partial charge in [-0.25, -0.2) is 9.59 Å². The molecule has 0 radical (unpaired) electrons. The highest BCUT2D eigenvalue weighted by molar-refractivity contribution is 5.98. The maximum atomic E-state index is 13.5. The highest BCUT2D eigenvalue weighted by atomic mass is 16.5. The molecule has 0 aliphatic carbocycles. The number of hydrogen-bond acceptors (Lipinski definition) is 9. The summed E-state index contributed by atoms with van der Waals surface area (Å²) >= 11 is 0. The third-order valence-corrected chi connectivity index (χ3v) is 11.5. The molecule has 334 valence electrons. The Morgan fingerprint density at radius 1 is 0.774 bits per heavy atom. The van der Waals surface area contributed by atoms with Crippen molar-refractivity contribution >= 4 is 52.9 Å². The smallest absolute Gasteiger partial charge is 0.407 e. The van der Waals surface area contributed by atoms with Gasteiger partial charge in [0.15, 0.2) is 0 Å². The highest BCUT2D eigenvalue weighted by Crippen LogP contribution is 2.47. The molecule has 5 rings (SSSR count). The van der Waals surface area contributed by atoms with Crippen LogP contribution in [-0.4, -0.2) is 98.1 Å². The molecule has 0 saturated carbocycles. The Labute approximate surface area is 365 Å². The second kappa shape index (κ2) is 21.1. The number of alkyl carbamates (subject to hydrolysis) is 2. The fourth-order valence-corrected chi connectivity index (χ4v) is 8.23. The van der Waals surface area contributed by atoms with Crippen LogP contribution in [0.2, 0.25) is 0 Å². The summed E-state index contributed by atoms with van der Waals surface area (Å²) < 4.78 is 9.28. The van der Waals surface area contributed by atoms with Gasteiger partial charge in [0, 0.05) is 30.2 Å². The number of anilines is 3. The number of amides is 6. The first-order valence-electron chi connectivity index (χ1n) is 21.5. The largest absolute Gasteiger partial charge is 0.453 e. The van der Waals surface area contributed by atoms with E-state index in [9.17, 15) is 28.8 Å². The third kappa shape index (κ3) is 11.8. The first-order valence-corrected chi connectivity index (χ1v) is 21.5. The van der Waals surface area contributed by atoms with Gasteiger partial charge in [0.2, 0.25) is 23.6 Å². The lowest BCUT2D eigenvalue weighted by molar-refractivity contribution is -0.137. The summed E-state index contributed by atoms with van der Waals surface area (Å²) in [5.74, 6) is -1.53. The van der Waals surface area contributed by atoms with Crippen molar-refractivity contribution in [3.8, 4) is 0 Å². The number of rotatable bonds is 15. The number of hydrogen-bond donors (Lipinski definition) is 4. The van der Waals surface area contributed by atoms with Crippen LogP contribution in [0.5, 0.6) is 0 Å². The van der Waals surface area contributed by atoms with Crippen LogP contribution in [0.15, 0.2) is 72.8 Å². The van der Waals surface area contributed by atoms with Crippen LogP contribution in [0.4, 0.5) is 26.7 Å². The van der Waals surface area contributed by atoms with Crippen molar-refractivity contribution in [2.75, 3.05) is 55.9 Å². The fraction of sp³-hybridized carbons (Fsp3) is 0.489. The van der Waals surface area contributed by atoms with Crippen LogP contribution in [0.1, 0.15) is 102 Å². The lowest BCUT2D eigenvalue weighted by atomic mass is 9.87. The van der Waals surface area contributed by atoms with E-state index in [0.29, 0.717) is 43.7 Å². The molecule has 2 fully saturated rings. The predicted molar refractivity (Wildman–Crippen MR) is 239 cm³/mol. The molecule has 3 aromatic rings. The Hall–Kier alpha value is -6.12. The summed E-state index contributed by atoms with van der Waals surface area (Å²) in [4.78, 5) is 81.8. The second-order valence-electron chi connectivity index (χ2n) is 17.3. The van der Waals surface area contributed by atoms with E-state index in [1.54, 1.807) is 0 Å². The molecule has 2 aliphatic rings. The minimum Gasteiger partial charge on any atom is -0.453 e. The maximum Gasteiger partial charge on any atom is 0.407 e. The summed E-state index contributed by atoms with van der Waals surface area (Å²) in [6.07, 6.45) is 2.19. The average molecular weight is 854 g/mol. The van der Waals surface area contributed by atoms with Gasteiger partial charge in [-0.05, 0) is 96.5 Å². The molecule has 62 heavy (non-hydrogen) atoms. The van der Waals surface area contributed by atoms with Crippen molar-refractivity contribution in [3.63, 3.8) is 0 Å². The van der Waals surface area contributed by atoms with Gasteiger partial charge in [-0.15, -0.1) is 0 Å². The molecule has 2 aliphatic heterocycles. The monoisotopic (exact) mass is 853 g/mol. The van der Waals surface area contributed by atoms with Crippen LogP contribution in [0.3, 0.4) is 0 Å². The average Bonchev–Trinajstić information content (AvgIpc) is 3.93. The molecular weight excluding hydrogens is 791 g/mol. The molecule has 3 aromatic carbocycles. The summed E-state index contributed by atoms with van der Waals surface area (Å²) in [5.41, 5.74) is 5.70. The Bertz CT molecular complexity index is 2030. The van der Waals surface area contributed by atoms with Crippen molar-refractivity contribution < 1.29 is 38.2 Å². The van der Waals surface area contributed by atoms with Crippen LogP contribution < -0.4 is 26.2 Å². The first kappa shape index (κ1) is 46.9. The van der Waals surface area contributed by atoms with Crippen LogP contribution in [0, 0.1) is 5.92 Å². The molecule has 0 aromatic heterocycles. The van der Waals surface area contributed by atoms with Gasteiger partial charge in [-0.1, -0.05) is 77.9 Å². The van der Waals surface area contributed by atoms with Crippen LogP contribution in [-0.2, 0) is 34.1 Å². The lowest BCUT2D eigenvalue weighted by Crippen LogP contribution is -2.52. The number of ether oxygens (including phenoxy) is 2. The van der Waals surface area contributed by atoms with E-state index >= 15 is 0 Å². The summed E-state index contributed by atoms with van der Waals surface area (Å²) in [5, 5.41) is 10.9. The number of likely N-dealkylation sites (tertiary alicyclic amines) is 1. The number of methoxy groups -OCH3 is 2. The van der Waals surface area contributed by atoms with Crippen molar-refractivity contribution in [3.05, 3.63) is 89.5 Å². The number of nitrogens with zero attached hydrogens (tertiary/aromatic N) is 3. The first-order chi connectivity index (χ1) is 29.5. The zero-order chi connectivity index (χ0) is 45.1. The molecule has 15 heteroatoms. The van der Waals surface area contributed by atoms with E-state index in [0.717, 1.165) is 29.7 Å². The highest BCUT2D eigenvalue weighted by Gasteiger charge is 2.37. The fourth-order valence-electron chi connectivity index (χ4n) is 8.23. The SMILES string of the molecule is CCCN(CC(=O)Nc1ccc([C@@H]2CC[C@@H](c3ccc(NC(=O)[C@@H]4CCCN4C(=O)CNC(=O)OC)cc3)N2c2ccc(C(C)(C)C)cc2)cc1)C(=O)C(NC(=O)OC)C(C)C. The van der Waals surface area contributed by atoms with E-state index in [1.165, 1.54) is 29.6 Å². The quantitative estimate of drug-likeness (QED) is 0.127. The molecule has 6 amide bonds. The van der Waals surface area contributed by atoms with Gasteiger partial charge in [-0.2, -0.15) is 0 Å². The summed E-state index contributed by atoms with van der Waals surface area (Å²) in [7, 11) is 2.47. The summed E-state index contributed by atoms with van der Waals surface area (Å²) in [6.45, 7) is 12.5. The van der Waals surface area contributed by atoms with Gasteiger partial charge in [0.1, 0.15) is 18.6 Å². The van der Waals surface area contributed by atoms with E-state index in [4.69, 9.17) is 4.74 Å². The van der Waals surface area contributed by atoms with Gasteiger partial charge < -0.3 is 45.4 Å². The molecular formula is C47H63N7O8. The Balaban J connectivity index is 1.30. The Morgan fingerprint density at radius 3 is 1.85 bits per heavy atom. The Kier molecular flexibility index (Phi) is 16.0. The Morgan fingerprint density at radius 2 is 1.34 bits per heavy atom. The third-order valence-electron chi connectivity index (χ3n) is 11.5. The van der Waals surface area contributed by atoms with Crippen LogP contribution in [0.25, 0.3) is 0 Å². The minimum atomic E-state index is -0.834. The summed E-state index contributed by atoms with van der Waals surface area (Å²) in [6, 6.07) is 23.0. The molecule has 2 heterocycles. The predicted octanol–water partition coefficient (Wildman–Crippen LogP) is 6.91. The molecule has 0 spiro atoms. The molecule has 1 unspecified atom stereocenters. The zero-order valence-corrected chi connectivity index (χ0v) is 37.3. The topological polar surface area (TPSA) is 179 Å². The molecule has 4 N–H and O–H groups in total. The number of carbonyl (C=O) groups is 6. The molecule has 15 nitrogen and oxygen atoms in total. The standard InChI is InChI=1S/C47H63N7O8/c1-9-26-52(44(58)42(30(2)3)51-46(60)62-8)29-40(55)49-34-18-12-31(13-19-34)37-24-25-38(54(37)36-22-16-33(17-23-36)47(4,5)6)32-14-20-35(21-15-32)50-43(57)39-11-10-27-53(39)41(56)28-48-45(59)61-7/h12-23,30,37-39,42H,9-11,24-29H2,1-8H3,(H,48,59)(H,49,55)(H,50,57)(H,51,60)/t37-,38-,39-,42?/m0/s1. The lowest BCUT2D eigenvalue weighted by Gasteiger charge is -2.34. The van der Waals surface area contributed by atoms with E-state index in [-0.39, 0.29) is 60.1 Å². The van der Waals surface area contributed by atoms with E-state index < -0.39 is 24.3 Å². The van der Waals surface area contributed by atoms with Crippen LogP contribution >= 0.6 is 0 Å². The van der Waals surface area contributed by atoms with Crippen molar-refractivity contribution in [2.45, 2.75) is 103 Å². The number of benzene rings is 3. The molecule has 2 saturated heterocycles. The van der Waals surface area contributed by atoms with Gasteiger partial charge >= 0.3 is 12.2 Å². The normalized spacial score (nSPS) is 17.9. The van der Waals surface area contributed by atoms with E-state index in [2.05, 4.69) is 75.9 Å². The zero-order valence-electron chi connectivity index (χ0n) is 37.3. The van der Waals surface area contributed by atoms with E-state index in [1.807, 2.05) is 69.3 Å². The van der Waals surface area contributed by atoms with Gasteiger partial charge in [0.25, 0.3) is 0 Å². The number of nitrogens with one attached hydrogen (secondary N) is 4. The van der Waals surface area contributed by atoms with Crippen molar-refractivity contribution in [1.29, 1.82) is 0 Å². The van der Waals surface area contributed by atoms with Gasteiger partial charge in [0.05, 0.1) is 32.8 Å². The second-order valence-corrected chi connectivity index (χ2v) is 17.3. The van der Waals surface area contributed by atoms with Crippen molar-refractivity contribution in [2.24, 2.45) is 5.92 Å². The minimum absolute atomic E-state index is 0.0113.